The average molecular weight is 393 g/mol. The number of ether oxygens (including phenoxy) is 2. The maximum absolute atomic E-state index is 12.1. The number of hydrogen-bond acceptors (Lipinski definition) is 7. The van der Waals surface area contributed by atoms with Gasteiger partial charge in [0.15, 0.2) is 6.61 Å². The molecule has 1 aromatic rings. The summed E-state index contributed by atoms with van der Waals surface area (Å²) in [5.41, 5.74) is -0.511. The lowest BCUT2D eigenvalue weighted by Crippen LogP contribution is -2.48. The molecule has 10 heteroatoms. The number of urea groups is 1. The quantitative estimate of drug-likeness (QED) is 0.429. The van der Waals surface area contributed by atoms with Crippen molar-refractivity contribution < 1.29 is 28.8 Å². The zero-order chi connectivity index (χ0) is 20.7. The number of nitro groups is 1. The third kappa shape index (κ3) is 5.66. The largest absolute Gasteiger partial charge is 0.496 e. The van der Waals surface area contributed by atoms with Crippen LogP contribution in [-0.4, -0.2) is 42.6 Å². The summed E-state index contributed by atoms with van der Waals surface area (Å²) in [7, 11) is 1.29. The van der Waals surface area contributed by atoms with Crippen LogP contribution >= 0.6 is 0 Å². The van der Waals surface area contributed by atoms with Gasteiger partial charge in [0.1, 0.15) is 11.3 Å². The molecule has 0 bridgehead atoms. The van der Waals surface area contributed by atoms with E-state index in [0.717, 1.165) is 31.7 Å². The molecular weight excluding hydrogens is 370 g/mol. The summed E-state index contributed by atoms with van der Waals surface area (Å²) < 4.78 is 9.82. The molecule has 152 valence electrons. The summed E-state index contributed by atoms with van der Waals surface area (Å²) in [4.78, 5) is 46.1. The van der Waals surface area contributed by atoms with Crippen LogP contribution in [0.2, 0.25) is 0 Å². The van der Waals surface area contributed by atoms with Crippen LogP contribution in [0.1, 0.15) is 43.0 Å². The van der Waals surface area contributed by atoms with E-state index in [1.807, 2.05) is 6.92 Å². The van der Waals surface area contributed by atoms with E-state index in [4.69, 9.17) is 9.47 Å². The van der Waals surface area contributed by atoms with E-state index in [1.165, 1.54) is 19.2 Å². The van der Waals surface area contributed by atoms with Crippen LogP contribution < -0.4 is 15.4 Å². The van der Waals surface area contributed by atoms with Crippen LogP contribution in [0.25, 0.3) is 0 Å². The number of carbonyl (C=O) groups excluding carboxylic acids is 3. The zero-order valence-electron chi connectivity index (χ0n) is 15.7. The van der Waals surface area contributed by atoms with E-state index < -0.39 is 29.4 Å². The van der Waals surface area contributed by atoms with Gasteiger partial charge in [-0.05, 0) is 24.8 Å². The Morgan fingerprint density at radius 3 is 2.61 bits per heavy atom. The van der Waals surface area contributed by atoms with Gasteiger partial charge in [0, 0.05) is 18.2 Å². The molecule has 1 aliphatic rings. The second kappa shape index (κ2) is 9.67. The van der Waals surface area contributed by atoms with Crippen molar-refractivity contribution in [2.75, 3.05) is 13.7 Å². The molecule has 0 saturated heterocycles. The SMILES string of the molecule is COc1ccc([N+](=O)[O-])cc1C(=O)OCC(=O)NC(=O)N[C@H]1CCCC[C@H]1C. The molecule has 1 aromatic carbocycles. The molecule has 0 aliphatic heterocycles. The Labute approximate surface area is 161 Å². The van der Waals surface area contributed by atoms with E-state index in [1.54, 1.807) is 0 Å². The van der Waals surface area contributed by atoms with Crippen LogP contribution in [0.4, 0.5) is 10.5 Å². The highest BCUT2D eigenvalue weighted by Gasteiger charge is 2.24. The van der Waals surface area contributed by atoms with Gasteiger partial charge in [-0.25, -0.2) is 9.59 Å². The lowest BCUT2D eigenvalue weighted by molar-refractivity contribution is -0.384. The molecule has 10 nitrogen and oxygen atoms in total. The summed E-state index contributed by atoms with van der Waals surface area (Å²) in [5.74, 6) is -1.38. The van der Waals surface area contributed by atoms with Gasteiger partial charge >= 0.3 is 12.0 Å². The lowest BCUT2D eigenvalue weighted by atomic mass is 9.86. The van der Waals surface area contributed by atoms with Gasteiger partial charge < -0.3 is 14.8 Å². The van der Waals surface area contributed by atoms with Crippen molar-refractivity contribution in [2.24, 2.45) is 5.92 Å². The average Bonchev–Trinajstić information content (AvgIpc) is 2.67. The minimum absolute atomic E-state index is 0.00164. The highest BCUT2D eigenvalue weighted by Crippen LogP contribution is 2.25. The minimum Gasteiger partial charge on any atom is -0.496 e. The van der Waals surface area contributed by atoms with Crippen LogP contribution in [-0.2, 0) is 9.53 Å². The fourth-order valence-electron chi connectivity index (χ4n) is 3.08. The minimum atomic E-state index is -0.975. The Hall–Kier alpha value is -3.17. The van der Waals surface area contributed by atoms with Gasteiger partial charge in [0.05, 0.1) is 12.0 Å². The third-order valence-electron chi connectivity index (χ3n) is 4.63. The molecule has 1 fully saturated rings. The summed E-state index contributed by atoms with van der Waals surface area (Å²) in [6.45, 7) is 1.33. The van der Waals surface area contributed by atoms with Crippen molar-refractivity contribution in [3.8, 4) is 5.75 Å². The number of imide groups is 1. The zero-order valence-corrected chi connectivity index (χ0v) is 15.7. The van der Waals surface area contributed by atoms with Gasteiger partial charge in [0.2, 0.25) is 0 Å². The molecule has 0 aromatic heterocycles. The molecular formula is C18H23N3O7. The van der Waals surface area contributed by atoms with Gasteiger partial charge in [0.25, 0.3) is 11.6 Å². The van der Waals surface area contributed by atoms with Gasteiger partial charge in [-0.3, -0.25) is 20.2 Å². The Kier molecular flexibility index (Phi) is 7.30. The van der Waals surface area contributed by atoms with Crippen molar-refractivity contribution in [3.63, 3.8) is 0 Å². The Balaban J connectivity index is 1.88. The predicted molar refractivity (Wildman–Crippen MR) is 98.0 cm³/mol. The standard InChI is InChI=1S/C18H23N3O7/c1-11-5-3-4-6-14(11)19-18(24)20-16(22)10-28-17(23)13-9-12(21(25)26)7-8-15(13)27-2/h7-9,11,14H,3-6,10H2,1-2H3,(H2,19,20,22,24)/t11-,14+/m1/s1. The van der Waals surface area contributed by atoms with Crippen molar-refractivity contribution >= 4 is 23.6 Å². The number of hydrogen-bond donors (Lipinski definition) is 2. The fourth-order valence-corrected chi connectivity index (χ4v) is 3.08. The summed E-state index contributed by atoms with van der Waals surface area (Å²) in [6.07, 6.45) is 4.01. The molecule has 1 aliphatic carbocycles. The number of carbonyl (C=O) groups is 3. The molecule has 0 unspecified atom stereocenters. The number of non-ortho nitro benzene ring substituents is 1. The maximum Gasteiger partial charge on any atom is 0.342 e. The number of nitro benzene ring substituents is 1. The van der Waals surface area contributed by atoms with Crippen molar-refractivity contribution in [1.82, 2.24) is 10.6 Å². The molecule has 0 radical (unpaired) electrons. The molecule has 3 amide bonds. The molecule has 28 heavy (non-hydrogen) atoms. The highest BCUT2D eigenvalue weighted by molar-refractivity contribution is 5.98. The summed E-state index contributed by atoms with van der Waals surface area (Å²) >= 11 is 0. The first-order valence-electron chi connectivity index (χ1n) is 8.91. The van der Waals surface area contributed by atoms with Gasteiger partial charge in [-0.15, -0.1) is 0 Å². The molecule has 0 spiro atoms. The highest BCUT2D eigenvalue weighted by atomic mass is 16.6. The monoisotopic (exact) mass is 393 g/mol. The van der Waals surface area contributed by atoms with E-state index in [0.29, 0.717) is 5.92 Å². The van der Waals surface area contributed by atoms with E-state index >= 15 is 0 Å². The van der Waals surface area contributed by atoms with Crippen LogP contribution in [0, 0.1) is 16.0 Å². The predicted octanol–water partition coefficient (Wildman–Crippen LogP) is 2.16. The van der Waals surface area contributed by atoms with E-state index in [-0.39, 0.29) is 23.0 Å². The Morgan fingerprint density at radius 1 is 1.25 bits per heavy atom. The second-order valence-corrected chi connectivity index (χ2v) is 6.61. The number of esters is 1. The normalized spacial score (nSPS) is 18.6. The first kappa shape index (κ1) is 21.1. The number of amides is 3. The lowest BCUT2D eigenvalue weighted by Gasteiger charge is -2.29. The number of nitrogens with one attached hydrogen (secondary N) is 2. The van der Waals surface area contributed by atoms with Crippen LogP contribution in [0.3, 0.4) is 0 Å². The Morgan fingerprint density at radius 2 is 1.96 bits per heavy atom. The molecule has 2 atom stereocenters. The number of rotatable bonds is 6. The first-order chi connectivity index (χ1) is 13.3. The van der Waals surface area contributed by atoms with Crippen LogP contribution in [0.15, 0.2) is 18.2 Å². The molecule has 2 N–H and O–H groups in total. The van der Waals surface area contributed by atoms with Gasteiger partial charge in [-0.2, -0.15) is 0 Å². The molecule has 1 saturated carbocycles. The van der Waals surface area contributed by atoms with Crippen LogP contribution in [0.5, 0.6) is 5.75 Å². The van der Waals surface area contributed by atoms with Crippen molar-refractivity contribution in [2.45, 2.75) is 38.6 Å². The smallest absolute Gasteiger partial charge is 0.342 e. The number of methoxy groups -OCH3 is 1. The van der Waals surface area contributed by atoms with Gasteiger partial charge in [-0.1, -0.05) is 19.8 Å². The molecule has 2 rings (SSSR count). The van der Waals surface area contributed by atoms with Crippen molar-refractivity contribution in [3.05, 3.63) is 33.9 Å². The first-order valence-corrected chi connectivity index (χ1v) is 8.91. The summed E-state index contributed by atoms with van der Waals surface area (Å²) in [6, 6.07) is 2.79. The number of nitrogens with zero attached hydrogens (tertiary/aromatic N) is 1. The third-order valence-corrected chi connectivity index (χ3v) is 4.63. The maximum atomic E-state index is 12.1. The van der Waals surface area contributed by atoms with E-state index in [2.05, 4.69) is 10.6 Å². The molecule has 0 heterocycles. The number of benzene rings is 1. The fraction of sp³-hybridized carbons (Fsp3) is 0.500. The topological polar surface area (TPSA) is 137 Å². The Bertz CT molecular complexity index is 766. The van der Waals surface area contributed by atoms with E-state index in [9.17, 15) is 24.5 Å². The summed E-state index contributed by atoms with van der Waals surface area (Å²) in [5, 5.41) is 15.7. The second-order valence-electron chi connectivity index (χ2n) is 6.61. The van der Waals surface area contributed by atoms with Crippen molar-refractivity contribution in [1.29, 1.82) is 0 Å².